The molecule has 0 aromatic heterocycles. The minimum atomic E-state index is 0.634. The maximum atomic E-state index is 6.15. The first kappa shape index (κ1) is 14.9. The van der Waals surface area contributed by atoms with Crippen LogP contribution >= 0.6 is 11.6 Å². The van der Waals surface area contributed by atoms with Crippen molar-refractivity contribution in [3.63, 3.8) is 0 Å². The Bertz CT molecular complexity index is 588. The van der Waals surface area contributed by atoms with Crippen molar-refractivity contribution in [2.75, 3.05) is 18.5 Å². The van der Waals surface area contributed by atoms with Crippen LogP contribution in [-0.2, 0) is 6.42 Å². The lowest BCUT2D eigenvalue weighted by Gasteiger charge is -2.24. The topological polar surface area (TPSA) is 29.3 Å². The van der Waals surface area contributed by atoms with E-state index in [9.17, 15) is 0 Å². The number of hydrogen-bond donors (Lipinski definition) is 1. The highest BCUT2D eigenvalue weighted by molar-refractivity contribution is 6.30. The van der Waals surface area contributed by atoms with Gasteiger partial charge >= 0.3 is 0 Å². The molecule has 0 saturated heterocycles. The number of benzene rings is 2. The molecule has 2 N–H and O–H groups in total. The fourth-order valence-corrected chi connectivity index (χ4v) is 2.67. The van der Waals surface area contributed by atoms with E-state index in [0.717, 1.165) is 17.1 Å². The van der Waals surface area contributed by atoms with E-state index < -0.39 is 0 Å². The van der Waals surface area contributed by atoms with E-state index in [1.807, 2.05) is 12.1 Å². The lowest BCUT2D eigenvalue weighted by molar-refractivity contribution is 0.961. The van der Waals surface area contributed by atoms with Crippen LogP contribution in [0.2, 0.25) is 5.02 Å². The van der Waals surface area contributed by atoms with Gasteiger partial charge < -0.3 is 10.6 Å². The quantitative estimate of drug-likeness (QED) is 0.912. The molecule has 0 bridgehead atoms. The van der Waals surface area contributed by atoms with Crippen molar-refractivity contribution in [1.82, 2.24) is 0 Å². The molecule has 2 aromatic carbocycles. The van der Waals surface area contributed by atoms with Crippen LogP contribution in [0, 0.1) is 13.8 Å². The number of aryl methyl sites for hydroxylation is 2. The van der Waals surface area contributed by atoms with Crippen molar-refractivity contribution < 1.29 is 0 Å². The number of anilines is 2. The molecule has 106 valence electrons. The van der Waals surface area contributed by atoms with E-state index in [2.05, 4.69) is 50.1 Å². The number of halogens is 1. The maximum absolute atomic E-state index is 6.15. The SMILES string of the molecule is Cc1cc(C)cc(N(C)c2cc(Cl)ccc2CCN)c1. The van der Waals surface area contributed by atoms with Crippen LogP contribution in [0.15, 0.2) is 36.4 Å². The van der Waals surface area contributed by atoms with Gasteiger partial charge in [-0.3, -0.25) is 0 Å². The predicted octanol–water partition coefficient (Wildman–Crippen LogP) is 4.23. The Morgan fingerprint density at radius 3 is 2.30 bits per heavy atom. The summed E-state index contributed by atoms with van der Waals surface area (Å²) >= 11 is 6.15. The Hall–Kier alpha value is -1.51. The van der Waals surface area contributed by atoms with Crippen LogP contribution in [0.4, 0.5) is 11.4 Å². The Labute approximate surface area is 126 Å². The second kappa shape index (κ2) is 6.29. The van der Waals surface area contributed by atoms with E-state index >= 15 is 0 Å². The average Bonchev–Trinajstić information content (AvgIpc) is 2.39. The van der Waals surface area contributed by atoms with Crippen molar-refractivity contribution in [2.24, 2.45) is 5.73 Å². The van der Waals surface area contributed by atoms with Gasteiger partial charge in [-0.1, -0.05) is 23.7 Å². The first-order chi connectivity index (χ1) is 9.51. The van der Waals surface area contributed by atoms with E-state index in [-0.39, 0.29) is 0 Å². The third-order valence-corrected chi connectivity index (χ3v) is 3.65. The second-order valence-electron chi connectivity index (χ2n) is 5.22. The molecule has 2 nitrogen and oxygen atoms in total. The van der Waals surface area contributed by atoms with Crippen LogP contribution in [0.1, 0.15) is 16.7 Å². The van der Waals surface area contributed by atoms with Crippen molar-refractivity contribution in [3.8, 4) is 0 Å². The molecule has 0 radical (unpaired) electrons. The largest absolute Gasteiger partial charge is 0.344 e. The molecular formula is C17H21ClN2. The molecular weight excluding hydrogens is 268 g/mol. The molecule has 0 spiro atoms. The standard InChI is InChI=1S/C17H21ClN2/c1-12-8-13(2)10-16(9-12)20(3)17-11-15(18)5-4-14(17)6-7-19/h4-5,8-11H,6-7,19H2,1-3H3. The van der Waals surface area contributed by atoms with Crippen LogP contribution in [-0.4, -0.2) is 13.6 Å². The van der Waals surface area contributed by atoms with E-state index in [1.165, 1.54) is 22.4 Å². The normalized spacial score (nSPS) is 10.7. The molecule has 3 heteroatoms. The molecule has 0 atom stereocenters. The summed E-state index contributed by atoms with van der Waals surface area (Å²) in [5.74, 6) is 0. The molecule has 0 saturated carbocycles. The minimum absolute atomic E-state index is 0.634. The smallest absolute Gasteiger partial charge is 0.0456 e. The zero-order valence-corrected chi connectivity index (χ0v) is 13.0. The summed E-state index contributed by atoms with van der Waals surface area (Å²) in [5.41, 5.74) is 11.7. The lowest BCUT2D eigenvalue weighted by Crippen LogP contribution is -2.14. The van der Waals surface area contributed by atoms with Gasteiger partial charge in [0.05, 0.1) is 0 Å². The molecule has 20 heavy (non-hydrogen) atoms. The van der Waals surface area contributed by atoms with Gasteiger partial charge in [0.1, 0.15) is 0 Å². The number of nitrogens with two attached hydrogens (primary N) is 1. The Morgan fingerprint density at radius 1 is 1.05 bits per heavy atom. The monoisotopic (exact) mass is 288 g/mol. The fourth-order valence-electron chi connectivity index (χ4n) is 2.50. The molecule has 0 amide bonds. The number of hydrogen-bond acceptors (Lipinski definition) is 2. The highest BCUT2D eigenvalue weighted by Gasteiger charge is 2.10. The summed E-state index contributed by atoms with van der Waals surface area (Å²) in [4.78, 5) is 2.18. The van der Waals surface area contributed by atoms with E-state index in [1.54, 1.807) is 0 Å². The molecule has 0 aliphatic rings. The summed E-state index contributed by atoms with van der Waals surface area (Å²) in [7, 11) is 2.07. The van der Waals surface area contributed by atoms with Gasteiger partial charge in [0.25, 0.3) is 0 Å². The summed E-state index contributed by atoms with van der Waals surface area (Å²) < 4.78 is 0. The van der Waals surface area contributed by atoms with Crippen molar-refractivity contribution >= 4 is 23.0 Å². The Balaban J connectivity index is 2.46. The van der Waals surface area contributed by atoms with Gasteiger partial charge in [0.15, 0.2) is 0 Å². The van der Waals surface area contributed by atoms with Crippen LogP contribution in [0.25, 0.3) is 0 Å². The lowest BCUT2D eigenvalue weighted by atomic mass is 10.1. The molecule has 0 heterocycles. The first-order valence-corrected chi connectivity index (χ1v) is 7.19. The van der Waals surface area contributed by atoms with Gasteiger partial charge in [0.2, 0.25) is 0 Å². The van der Waals surface area contributed by atoms with Crippen LogP contribution in [0.3, 0.4) is 0 Å². The molecule has 2 rings (SSSR count). The van der Waals surface area contributed by atoms with Crippen LogP contribution in [0.5, 0.6) is 0 Å². The van der Waals surface area contributed by atoms with Crippen molar-refractivity contribution in [2.45, 2.75) is 20.3 Å². The maximum Gasteiger partial charge on any atom is 0.0456 e. The summed E-state index contributed by atoms with van der Waals surface area (Å²) in [6.45, 7) is 4.86. The highest BCUT2D eigenvalue weighted by Crippen LogP contribution is 2.31. The number of rotatable bonds is 4. The summed E-state index contributed by atoms with van der Waals surface area (Å²) in [6, 6.07) is 12.5. The Morgan fingerprint density at radius 2 is 1.70 bits per heavy atom. The number of nitrogens with zero attached hydrogens (tertiary/aromatic N) is 1. The van der Waals surface area contributed by atoms with Gasteiger partial charge in [-0.05, 0) is 67.8 Å². The van der Waals surface area contributed by atoms with Gasteiger partial charge in [-0.25, -0.2) is 0 Å². The summed E-state index contributed by atoms with van der Waals surface area (Å²) in [6.07, 6.45) is 0.849. The van der Waals surface area contributed by atoms with Gasteiger partial charge in [0, 0.05) is 23.4 Å². The average molecular weight is 289 g/mol. The Kier molecular flexibility index (Phi) is 4.69. The highest BCUT2D eigenvalue weighted by atomic mass is 35.5. The van der Waals surface area contributed by atoms with E-state index in [4.69, 9.17) is 17.3 Å². The molecule has 0 fully saturated rings. The first-order valence-electron chi connectivity index (χ1n) is 6.82. The van der Waals surface area contributed by atoms with Crippen LogP contribution < -0.4 is 10.6 Å². The minimum Gasteiger partial charge on any atom is -0.344 e. The van der Waals surface area contributed by atoms with E-state index in [0.29, 0.717) is 6.54 Å². The van der Waals surface area contributed by atoms with Gasteiger partial charge in [-0.15, -0.1) is 0 Å². The third-order valence-electron chi connectivity index (χ3n) is 3.42. The van der Waals surface area contributed by atoms with Crippen molar-refractivity contribution in [3.05, 3.63) is 58.1 Å². The molecule has 0 aliphatic carbocycles. The van der Waals surface area contributed by atoms with Gasteiger partial charge in [-0.2, -0.15) is 0 Å². The molecule has 2 aromatic rings. The fraction of sp³-hybridized carbons (Fsp3) is 0.294. The molecule has 0 unspecified atom stereocenters. The summed E-state index contributed by atoms with van der Waals surface area (Å²) in [5, 5.41) is 0.747. The predicted molar refractivity (Wildman–Crippen MR) is 88.2 cm³/mol. The third kappa shape index (κ3) is 3.33. The zero-order chi connectivity index (χ0) is 14.7. The zero-order valence-electron chi connectivity index (χ0n) is 12.3. The molecule has 0 aliphatic heterocycles. The van der Waals surface area contributed by atoms with Crippen molar-refractivity contribution in [1.29, 1.82) is 0 Å². The second-order valence-corrected chi connectivity index (χ2v) is 5.65.